The number of nitrogens with one attached hydrogen (secondary N) is 2. The molecule has 1 aromatic carbocycles. The number of hydrogen-bond acceptors (Lipinski definition) is 5. The average Bonchev–Trinajstić information content (AvgIpc) is 3.15. The number of aromatic amines is 1. The van der Waals surface area contributed by atoms with E-state index in [-0.39, 0.29) is 5.56 Å². The first-order chi connectivity index (χ1) is 11.2. The summed E-state index contributed by atoms with van der Waals surface area (Å²) in [6.07, 6.45) is 4.96. The van der Waals surface area contributed by atoms with Gasteiger partial charge in [-0.25, -0.2) is 4.68 Å². The van der Waals surface area contributed by atoms with Crippen LogP contribution in [0.25, 0.3) is 16.7 Å². The van der Waals surface area contributed by atoms with Crippen molar-refractivity contribution in [1.82, 2.24) is 29.5 Å². The molecule has 8 nitrogen and oxygen atoms in total. The lowest BCUT2D eigenvalue weighted by Crippen LogP contribution is -2.11. The number of aryl methyl sites for hydroxylation is 1. The standard InChI is InChI=1S/C15H13N7O/c1-21-9-10(7-16-21)18-15-19-13-12(14(23)20-15)8-17-22(13)11-5-3-2-4-6-11/h2-9H,1H3,(H2,18,19,20,23). The predicted octanol–water partition coefficient (Wildman–Crippen LogP) is 1.59. The van der Waals surface area contributed by atoms with Gasteiger partial charge in [0.15, 0.2) is 5.65 Å². The van der Waals surface area contributed by atoms with E-state index in [0.29, 0.717) is 17.0 Å². The second-order valence-electron chi connectivity index (χ2n) is 5.07. The van der Waals surface area contributed by atoms with Crippen LogP contribution in [0.2, 0.25) is 0 Å². The lowest BCUT2D eigenvalue weighted by molar-refractivity contribution is 0.768. The zero-order valence-corrected chi connectivity index (χ0v) is 12.3. The molecule has 0 radical (unpaired) electrons. The van der Waals surface area contributed by atoms with Crippen molar-refractivity contribution in [2.75, 3.05) is 5.32 Å². The molecule has 3 heterocycles. The van der Waals surface area contributed by atoms with E-state index < -0.39 is 0 Å². The van der Waals surface area contributed by atoms with Crippen LogP contribution in [0, 0.1) is 0 Å². The molecule has 8 heteroatoms. The molecule has 0 amide bonds. The smallest absolute Gasteiger partial charge is 0.263 e. The van der Waals surface area contributed by atoms with Gasteiger partial charge in [0, 0.05) is 13.2 Å². The second-order valence-corrected chi connectivity index (χ2v) is 5.07. The van der Waals surface area contributed by atoms with Crippen molar-refractivity contribution >= 4 is 22.7 Å². The molecule has 0 bridgehead atoms. The van der Waals surface area contributed by atoms with Crippen LogP contribution in [0.5, 0.6) is 0 Å². The van der Waals surface area contributed by atoms with Gasteiger partial charge in [0.05, 0.1) is 23.8 Å². The van der Waals surface area contributed by atoms with Gasteiger partial charge in [0.25, 0.3) is 5.56 Å². The number of fused-ring (bicyclic) bond motifs is 1. The van der Waals surface area contributed by atoms with Gasteiger partial charge in [0.1, 0.15) is 5.39 Å². The number of H-pyrrole nitrogens is 1. The summed E-state index contributed by atoms with van der Waals surface area (Å²) in [4.78, 5) is 19.4. The fourth-order valence-electron chi connectivity index (χ4n) is 2.36. The normalized spacial score (nSPS) is 11.0. The first-order valence-electron chi connectivity index (χ1n) is 7.00. The van der Waals surface area contributed by atoms with Gasteiger partial charge in [-0.15, -0.1) is 0 Å². The second kappa shape index (κ2) is 5.09. The number of aromatic nitrogens is 6. The summed E-state index contributed by atoms with van der Waals surface area (Å²) < 4.78 is 3.30. The molecule has 0 aliphatic heterocycles. The number of benzene rings is 1. The quantitative estimate of drug-likeness (QED) is 0.599. The number of rotatable bonds is 3. The molecule has 3 aromatic heterocycles. The highest BCUT2D eigenvalue weighted by Gasteiger charge is 2.11. The monoisotopic (exact) mass is 307 g/mol. The van der Waals surface area contributed by atoms with Gasteiger partial charge in [0.2, 0.25) is 5.95 Å². The maximum atomic E-state index is 12.2. The van der Waals surface area contributed by atoms with Crippen LogP contribution in [-0.2, 0) is 7.05 Å². The molecule has 0 aliphatic rings. The summed E-state index contributed by atoms with van der Waals surface area (Å²) in [5, 5.41) is 11.8. The van der Waals surface area contributed by atoms with Gasteiger partial charge < -0.3 is 5.32 Å². The van der Waals surface area contributed by atoms with E-state index in [0.717, 1.165) is 11.4 Å². The summed E-state index contributed by atoms with van der Waals surface area (Å²) in [6, 6.07) is 9.55. The topological polar surface area (TPSA) is 93.4 Å². The molecule has 0 saturated carbocycles. The van der Waals surface area contributed by atoms with Crippen molar-refractivity contribution < 1.29 is 0 Å². The largest absolute Gasteiger partial charge is 0.323 e. The molecular formula is C15H13N7O. The first kappa shape index (κ1) is 13.3. The molecule has 23 heavy (non-hydrogen) atoms. The Hall–Kier alpha value is -3.42. The number of hydrogen-bond donors (Lipinski definition) is 2. The fourth-order valence-corrected chi connectivity index (χ4v) is 2.36. The minimum absolute atomic E-state index is 0.247. The minimum Gasteiger partial charge on any atom is -0.323 e. The molecule has 114 valence electrons. The van der Waals surface area contributed by atoms with E-state index in [1.165, 1.54) is 6.20 Å². The van der Waals surface area contributed by atoms with Gasteiger partial charge in [-0.3, -0.25) is 14.5 Å². The Morgan fingerprint density at radius 2 is 1.96 bits per heavy atom. The predicted molar refractivity (Wildman–Crippen MR) is 86.0 cm³/mol. The SMILES string of the molecule is Cn1cc(Nc2nc3c(cnn3-c3ccccc3)c(=O)[nH]2)cn1. The zero-order valence-electron chi connectivity index (χ0n) is 12.3. The molecule has 4 aromatic rings. The van der Waals surface area contributed by atoms with Crippen molar-refractivity contribution in [2.24, 2.45) is 7.05 Å². The van der Waals surface area contributed by atoms with E-state index in [4.69, 9.17) is 0 Å². The van der Waals surface area contributed by atoms with E-state index in [9.17, 15) is 4.79 Å². The summed E-state index contributed by atoms with van der Waals surface area (Å²) in [6.45, 7) is 0. The Labute approximate surface area is 130 Å². The molecular weight excluding hydrogens is 294 g/mol. The maximum Gasteiger partial charge on any atom is 0.263 e. The molecule has 0 atom stereocenters. The molecule has 0 spiro atoms. The van der Waals surface area contributed by atoms with Crippen LogP contribution in [0.15, 0.2) is 53.7 Å². The molecule has 0 unspecified atom stereocenters. The highest BCUT2D eigenvalue weighted by molar-refractivity contribution is 5.76. The van der Waals surface area contributed by atoms with Crippen LogP contribution in [0.4, 0.5) is 11.6 Å². The Morgan fingerprint density at radius 1 is 1.13 bits per heavy atom. The molecule has 0 fully saturated rings. The van der Waals surface area contributed by atoms with Crippen LogP contribution < -0.4 is 10.9 Å². The van der Waals surface area contributed by atoms with Crippen molar-refractivity contribution in [1.29, 1.82) is 0 Å². The number of nitrogens with zero attached hydrogens (tertiary/aromatic N) is 5. The number of para-hydroxylation sites is 1. The van der Waals surface area contributed by atoms with Crippen molar-refractivity contribution in [2.45, 2.75) is 0 Å². The lowest BCUT2D eigenvalue weighted by Gasteiger charge is -2.05. The van der Waals surface area contributed by atoms with E-state index in [2.05, 4.69) is 25.5 Å². The first-order valence-corrected chi connectivity index (χ1v) is 7.00. The van der Waals surface area contributed by atoms with Crippen molar-refractivity contribution in [3.05, 3.63) is 59.3 Å². The highest BCUT2D eigenvalue weighted by atomic mass is 16.1. The van der Waals surface area contributed by atoms with Gasteiger partial charge in [-0.05, 0) is 12.1 Å². The van der Waals surface area contributed by atoms with Crippen molar-refractivity contribution in [3.63, 3.8) is 0 Å². The summed E-state index contributed by atoms with van der Waals surface area (Å²) in [5.74, 6) is 0.341. The molecule has 0 aliphatic carbocycles. The van der Waals surface area contributed by atoms with E-state index in [1.807, 2.05) is 37.4 Å². The van der Waals surface area contributed by atoms with E-state index in [1.54, 1.807) is 21.8 Å². The molecule has 4 rings (SSSR count). The Kier molecular flexibility index (Phi) is 2.94. The third kappa shape index (κ3) is 2.35. The van der Waals surface area contributed by atoms with Crippen LogP contribution in [0.3, 0.4) is 0 Å². The van der Waals surface area contributed by atoms with Gasteiger partial charge in [-0.2, -0.15) is 15.2 Å². The lowest BCUT2D eigenvalue weighted by atomic mass is 10.3. The van der Waals surface area contributed by atoms with Crippen LogP contribution in [0.1, 0.15) is 0 Å². The Morgan fingerprint density at radius 3 is 2.70 bits per heavy atom. The highest BCUT2D eigenvalue weighted by Crippen LogP contribution is 2.16. The van der Waals surface area contributed by atoms with Crippen LogP contribution in [-0.4, -0.2) is 29.5 Å². The average molecular weight is 307 g/mol. The maximum absolute atomic E-state index is 12.2. The number of anilines is 2. The third-order valence-corrected chi connectivity index (χ3v) is 3.41. The minimum atomic E-state index is -0.247. The zero-order chi connectivity index (χ0) is 15.8. The van der Waals surface area contributed by atoms with E-state index >= 15 is 0 Å². The van der Waals surface area contributed by atoms with Gasteiger partial charge >= 0.3 is 0 Å². The molecule has 2 N–H and O–H groups in total. The summed E-state index contributed by atoms with van der Waals surface area (Å²) >= 11 is 0. The van der Waals surface area contributed by atoms with Gasteiger partial charge in [-0.1, -0.05) is 18.2 Å². The Bertz CT molecular complexity index is 1030. The summed E-state index contributed by atoms with van der Waals surface area (Å²) in [7, 11) is 1.81. The Balaban J connectivity index is 1.83. The van der Waals surface area contributed by atoms with Crippen molar-refractivity contribution in [3.8, 4) is 5.69 Å². The molecule has 0 saturated heterocycles. The fraction of sp³-hybridized carbons (Fsp3) is 0.0667. The summed E-state index contributed by atoms with van der Waals surface area (Å²) in [5.41, 5.74) is 1.82. The van der Waals surface area contributed by atoms with Crippen LogP contribution >= 0.6 is 0 Å². The third-order valence-electron chi connectivity index (χ3n) is 3.41.